The maximum Gasteiger partial charge on any atom is 0.137 e. The van der Waals surface area contributed by atoms with Gasteiger partial charge in [-0.15, -0.1) is 0 Å². The monoisotopic (exact) mass is 419 g/mol. The van der Waals surface area contributed by atoms with Gasteiger partial charge in [0.15, 0.2) is 0 Å². The Labute approximate surface area is 163 Å². The van der Waals surface area contributed by atoms with E-state index in [1.165, 1.54) is 6.33 Å². The van der Waals surface area contributed by atoms with Gasteiger partial charge >= 0.3 is 0 Å². The smallest absolute Gasteiger partial charge is 0.137 e. The minimum atomic E-state index is -0.0632. The molecule has 1 unspecified atom stereocenters. The van der Waals surface area contributed by atoms with Gasteiger partial charge < -0.3 is 0 Å². The van der Waals surface area contributed by atoms with Crippen LogP contribution in [0.25, 0.3) is 0 Å². The summed E-state index contributed by atoms with van der Waals surface area (Å²) in [6, 6.07) is 7.79. The molecule has 1 aromatic heterocycles. The second kappa shape index (κ2) is 10.4. The van der Waals surface area contributed by atoms with Crippen molar-refractivity contribution in [3.63, 3.8) is 0 Å². The van der Waals surface area contributed by atoms with Crippen molar-refractivity contribution in [2.75, 3.05) is 0 Å². The molecule has 2 aromatic rings. The highest BCUT2D eigenvalue weighted by Gasteiger charge is 2.21. The van der Waals surface area contributed by atoms with E-state index in [1.54, 1.807) is 0 Å². The van der Waals surface area contributed by atoms with Gasteiger partial charge in [0.2, 0.25) is 0 Å². The Hall–Kier alpha value is -1.82. The molecule has 1 aromatic carbocycles. The number of H-pyrrole nitrogens is 1. The molecule has 2 rings (SSSR count). The van der Waals surface area contributed by atoms with Gasteiger partial charge in [-0.2, -0.15) is 5.10 Å². The first-order valence-electron chi connectivity index (χ1n) is 9.07. The number of ketones is 2. The Morgan fingerprint density at radius 2 is 1.88 bits per heavy atom. The lowest BCUT2D eigenvalue weighted by Crippen LogP contribution is -2.19. The molecular formula is C20H26BrN3O2. The molecule has 0 saturated heterocycles. The van der Waals surface area contributed by atoms with Gasteiger partial charge in [0.05, 0.1) is 0 Å². The summed E-state index contributed by atoms with van der Waals surface area (Å²) < 4.78 is 1.00. The Balaban J connectivity index is 1.84. The SMILES string of the molecule is CC(C)CC(CCC(=O)Cc1ccc(Br)cc1)C(=O)CCc1ncn[nH]1. The first-order valence-corrected chi connectivity index (χ1v) is 9.86. The number of rotatable bonds is 11. The minimum absolute atomic E-state index is 0.0632. The van der Waals surface area contributed by atoms with E-state index in [9.17, 15) is 9.59 Å². The van der Waals surface area contributed by atoms with Gasteiger partial charge in [-0.1, -0.05) is 41.9 Å². The molecule has 1 N–H and O–H groups in total. The maximum atomic E-state index is 12.6. The zero-order valence-corrected chi connectivity index (χ0v) is 17.0. The van der Waals surface area contributed by atoms with Gasteiger partial charge in [-0.3, -0.25) is 14.7 Å². The summed E-state index contributed by atoms with van der Waals surface area (Å²) in [5.41, 5.74) is 1.01. The van der Waals surface area contributed by atoms with Crippen LogP contribution in [0, 0.1) is 11.8 Å². The number of carbonyl (C=O) groups is 2. The van der Waals surface area contributed by atoms with Gasteiger partial charge in [-0.05, 0) is 36.5 Å². The van der Waals surface area contributed by atoms with Crippen molar-refractivity contribution in [1.82, 2.24) is 15.2 Å². The first-order chi connectivity index (χ1) is 12.4. The van der Waals surface area contributed by atoms with Crippen LogP contribution >= 0.6 is 15.9 Å². The molecule has 0 saturated carbocycles. The minimum Gasteiger partial charge on any atom is -0.299 e. The number of aromatic amines is 1. The van der Waals surface area contributed by atoms with Crippen molar-refractivity contribution in [3.8, 4) is 0 Å². The number of aromatic nitrogens is 3. The highest BCUT2D eigenvalue weighted by molar-refractivity contribution is 9.10. The first kappa shape index (κ1) is 20.5. The molecule has 0 aliphatic heterocycles. The summed E-state index contributed by atoms with van der Waals surface area (Å²) in [6.45, 7) is 4.22. The average molecular weight is 420 g/mol. The molecule has 5 nitrogen and oxygen atoms in total. The summed E-state index contributed by atoms with van der Waals surface area (Å²) >= 11 is 3.40. The van der Waals surface area contributed by atoms with Crippen LogP contribution < -0.4 is 0 Å². The highest BCUT2D eigenvalue weighted by atomic mass is 79.9. The number of aryl methyl sites for hydroxylation is 1. The summed E-state index contributed by atoms with van der Waals surface area (Å²) in [4.78, 5) is 29.0. The third-order valence-electron chi connectivity index (χ3n) is 4.37. The Bertz CT molecular complexity index is 696. The standard InChI is InChI=1S/C20H26BrN3O2/c1-14(2)11-16(19(26)9-10-20-22-13-23-24-20)5-8-18(25)12-15-3-6-17(21)7-4-15/h3-4,6-7,13-14,16H,5,8-12H2,1-2H3,(H,22,23,24). The molecule has 0 aliphatic carbocycles. The molecule has 0 bridgehead atoms. The Kier molecular flexibility index (Phi) is 8.16. The van der Waals surface area contributed by atoms with Crippen molar-refractivity contribution < 1.29 is 9.59 Å². The molecule has 0 amide bonds. The molecular weight excluding hydrogens is 394 g/mol. The molecule has 140 valence electrons. The second-order valence-corrected chi connectivity index (χ2v) is 8.02. The van der Waals surface area contributed by atoms with E-state index in [1.807, 2.05) is 24.3 Å². The summed E-state index contributed by atoms with van der Waals surface area (Å²) in [6.07, 6.45) is 4.78. The van der Waals surface area contributed by atoms with Crippen LogP contribution in [-0.4, -0.2) is 26.7 Å². The van der Waals surface area contributed by atoms with Crippen LogP contribution in [0.15, 0.2) is 35.1 Å². The summed E-state index contributed by atoms with van der Waals surface area (Å²) in [5.74, 6) is 1.49. The second-order valence-electron chi connectivity index (χ2n) is 7.11. The van der Waals surface area contributed by atoms with Gasteiger partial charge in [0.1, 0.15) is 23.7 Å². The van der Waals surface area contributed by atoms with E-state index in [-0.39, 0.29) is 17.5 Å². The van der Waals surface area contributed by atoms with Crippen molar-refractivity contribution in [3.05, 3.63) is 46.5 Å². The van der Waals surface area contributed by atoms with E-state index in [0.29, 0.717) is 38.0 Å². The van der Waals surface area contributed by atoms with Crippen LogP contribution in [-0.2, 0) is 22.4 Å². The lowest BCUT2D eigenvalue weighted by Gasteiger charge is -2.17. The van der Waals surface area contributed by atoms with Crippen LogP contribution in [0.5, 0.6) is 0 Å². The average Bonchev–Trinajstić information content (AvgIpc) is 3.11. The Morgan fingerprint density at radius 1 is 1.15 bits per heavy atom. The normalized spacial score (nSPS) is 12.3. The molecule has 0 fully saturated rings. The highest BCUT2D eigenvalue weighted by Crippen LogP contribution is 2.21. The van der Waals surface area contributed by atoms with E-state index < -0.39 is 0 Å². The number of carbonyl (C=O) groups excluding carboxylic acids is 2. The van der Waals surface area contributed by atoms with Crippen LogP contribution in [0.4, 0.5) is 0 Å². The number of hydrogen-bond donors (Lipinski definition) is 1. The largest absolute Gasteiger partial charge is 0.299 e. The molecule has 0 spiro atoms. The number of nitrogens with zero attached hydrogens (tertiary/aromatic N) is 2. The number of halogens is 1. The van der Waals surface area contributed by atoms with Gasteiger partial charge in [-0.25, -0.2) is 4.98 Å². The van der Waals surface area contributed by atoms with Gasteiger partial charge in [0, 0.05) is 36.1 Å². The number of Topliss-reactive ketones (excluding diaryl/α,β-unsaturated/α-hetero) is 2. The zero-order chi connectivity index (χ0) is 18.9. The third-order valence-corrected chi connectivity index (χ3v) is 4.90. The predicted molar refractivity (Wildman–Crippen MR) is 105 cm³/mol. The predicted octanol–water partition coefficient (Wildman–Crippen LogP) is 4.32. The lowest BCUT2D eigenvalue weighted by molar-refractivity contribution is -0.124. The fraction of sp³-hybridized carbons (Fsp3) is 0.500. The van der Waals surface area contributed by atoms with Crippen molar-refractivity contribution in [1.29, 1.82) is 0 Å². The van der Waals surface area contributed by atoms with Gasteiger partial charge in [0.25, 0.3) is 0 Å². The topological polar surface area (TPSA) is 75.7 Å². The molecule has 0 aliphatic rings. The van der Waals surface area contributed by atoms with E-state index in [0.717, 1.165) is 22.3 Å². The third kappa shape index (κ3) is 7.20. The fourth-order valence-electron chi connectivity index (χ4n) is 3.03. The quantitative estimate of drug-likeness (QED) is 0.587. The lowest BCUT2D eigenvalue weighted by atomic mass is 9.86. The molecule has 26 heavy (non-hydrogen) atoms. The molecule has 0 radical (unpaired) electrons. The van der Waals surface area contributed by atoms with Crippen LogP contribution in [0.1, 0.15) is 50.9 Å². The number of hydrogen-bond acceptors (Lipinski definition) is 4. The van der Waals surface area contributed by atoms with E-state index in [2.05, 4.69) is 45.0 Å². The zero-order valence-electron chi connectivity index (χ0n) is 15.4. The van der Waals surface area contributed by atoms with Crippen molar-refractivity contribution in [2.45, 2.75) is 52.4 Å². The fourth-order valence-corrected chi connectivity index (χ4v) is 3.29. The summed E-state index contributed by atoms with van der Waals surface area (Å²) in [5, 5.41) is 6.59. The van der Waals surface area contributed by atoms with Crippen molar-refractivity contribution in [2.24, 2.45) is 11.8 Å². The summed E-state index contributed by atoms with van der Waals surface area (Å²) in [7, 11) is 0. The molecule has 1 atom stereocenters. The van der Waals surface area contributed by atoms with Crippen LogP contribution in [0.3, 0.4) is 0 Å². The maximum absolute atomic E-state index is 12.6. The van der Waals surface area contributed by atoms with Crippen LogP contribution in [0.2, 0.25) is 0 Å². The Morgan fingerprint density at radius 3 is 2.50 bits per heavy atom. The number of benzene rings is 1. The van der Waals surface area contributed by atoms with E-state index in [4.69, 9.17) is 0 Å². The number of nitrogens with one attached hydrogen (secondary N) is 1. The molecule has 6 heteroatoms. The molecule has 1 heterocycles. The van der Waals surface area contributed by atoms with E-state index >= 15 is 0 Å². The van der Waals surface area contributed by atoms with Crippen molar-refractivity contribution >= 4 is 27.5 Å².